The van der Waals surface area contributed by atoms with Gasteiger partial charge in [0.05, 0.1) is 0 Å². The molecule has 0 fully saturated rings. The number of furan rings is 1. The minimum Gasteiger partial charge on any atom is -0.456 e. The van der Waals surface area contributed by atoms with Crippen LogP contribution >= 0.6 is 11.3 Å². The van der Waals surface area contributed by atoms with E-state index in [0.29, 0.717) is 17.5 Å². The van der Waals surface area contributed by atoms with Crippen LogP contribution in [0.15, 0.2) is 156 Å². The molecule has 10 aromatic rings. The van der Waals surface area contributed by atoms with Gasteiger partial charge in [0, 0.05) is 47.6 Å². The number of aromatic nitrogens is 3. The van der Waals surface area contributed by atoms with E-state index in [1.807, 2.05) is 36.4 Å². The maximum atomic E-state index is 6.26. The van der Waals surface area contributed by atoms with Gasteiger partial charge in [-0.2, -0.15) is 0 Å². The van der Waals surface area contributed by atoms with Gasteiger partial charge in [0.15, 0.2) is 17.5 Å². The molecule has 0 radical (unpaired) electrons. The van der Waals surface area contributed by atoms with Crippen LogP contribution in [0.5, 0.6) is 0 Å². The van der Waals surface area contributed by atoms with Crippen LogP contribution in [-0.4, -0.2) is 15.0 Å². The quantitative estimate of drug-likeness (QED) is 0.194. The van der Waals surface area contributed by atoms with Gasteiger partial charge in [-0.3, -0.25) is 0 Å². The summed E-state index contributed by atoms with van der Waals surface area (Å²) in [6, 6.07) is 52.7. The third kappa shape index (κ3) is 4.33. The summed E-state index contributed by atoms with van der Waals surface area (Å²) in [4.78, 5) is 15.6. The van der Waals surface area contributed by atoms with Crippen LogP contribution in [0.1, 0.15) is 0 Å². The molecule has 0 amide bonds. The number of hydrogen-bond donors (Lipinski definition) is 0. The lowest BCUT2D eigenvalue weighted by Crippen LogP contribution is -2.00. The molecular weight excluding hydrogens is 607 g/mol. The third-order valence-electron chi connectivity index (χ3n) is 9.13. The molecule has 3 heterocycles. The van der Waals surface area contributed by atoms with Gasteiger partial charge in [-0.25, -0.2) is 15.0 Å². The van der Waals surface area contributed by atoms with Gasteiger partial charge < -0.3 is 4.42 Å². The van der Waals surface area contributed by atoms with Crippen LogP contribution in [0.4, 0.5) is 0 Å². The van der Waals surface area contributed by atoms with Gasteiger partial charge in [-0.1, -0.05) is 115 Å². The Kier molecular flexibility index (Phi) is 6.01. The summed E-state index contributed by atoms with van der Waals surface area (Å²) in [5, 5.41) is 6.71. The molecule has 5 heteroatoms. The molecule has 0 aliphatic rings. The molecule has 4 nitrogen and oxygen atoms in total. The van der Waals surface area contributed by atoms with E-state index in [1.165, 1.54) is 36.7 Å². The van der Waals surface area contributed by atoms with Gasteiger partial charge in [-0.05, 0) is 58.3 Å². The Hall–Kier alpha value is -6.17. The van der Waals surface area contributed by atoms with Crippen LogP contribution in [0.2, 0.25) is 0 Å². The molecule has 0 unspecified atom stereocenters. The Balaban J connectivity index is 1.22. The second-order valence-corrected chi connectivity index (χ2v) is 13.1. The first-order valence-electron chi connectivity index (χ1n) is 15.9. The average molecular weight is 632 g/mol. The van der Waals surface area contributed by atoms with Crippen molar-refractivity contribution in [1.29, 1.82) is 0 Å². The zero-order chi connectivity index (χ0) is 31.6. The predicted molar refractivity (Wildman–Crippen MR) is 199 cm³/mol. The molecule has 224 valence electrons. The highest BCUT2D eigenvalue weighted by Crippen LogP contribution is 2.41. The number of rotatable bonds is 4. The lowest BCUT2D eigenvalue weighted by Gasteiger charge is -2.11. The van der Waals surface area contributed by atoms with Crippen molar-refractivity contribution in [2.45, 2.75) is 0 Å². The smallest absolute Gasteiger partial charge is 0.164 e. The zero-order valence-electron chi connectivity index (χ0n) is 25.6. The van der Waals surface area contributed by atoms with Crippen molar-refractivity contribution in [3.05, 3.63) is 152 Å². The second kappa shape index (κ2) is 10.7. The van der Waals surface area contributed by atoms with E-state index in [2.05, 4.69) is 115 Å². The topological polar surface area (TPSA) is 51.8 Å². The lowest BCUT2D eigenvalue weighted by atomic mass is 9.99. The van der Waals surface area contributed by atoms with Gasteiger partial charge >= 0.3 is 0 Å². The van der Waals surface area contributed by atoms with E-state index in [4.69, 9.17) is 19.4 Å². The molecule has 7 aromatic carbocycles. The van der Waals surface area contributed by atoms with Gasteiger partial charge in [0.2, 0.25) is 0 Å². The number of nitrogens with zero attached hydrogens (tertiary/aromatic N) is 3. The molecule has 0 spiro atoms. The summed E-state index contributed by atoms with van der Waals surface area (Å²) in [5.74, 6) is 1.89. The van der Waals surface area contributed by atoms with E-state index >= 15 is 0 Å². The molecule has 48 heavy (non-hydrogen) atoms. The summed E-state index contributed by atoms with van der Waals surface area (Å²) in [7, 11) is 0. The van der Waals surface area contributed by atoms with E-state index in [9.17, 15) is 0 Å². The summed E-state index contributed by atoms with van der Waals surface area (Å²) >= 11 is 1.79. The van der Waals surface area contributed by atoms with Crippen LogP contribution < -0.4 is 0 Å². The molecule has 10 rings (SSSR count). The molecule has 0 aliphatic carbocycles. The summed E-state index contributed by atoms with van der Waals surface area (Å²) in [6.07, 6.45) is 0. The first kappa shape index (κ1) is 27.0. The number of thiophene rings is 1. The number of fused-ring (bicyclic) bond motifs is 7. The second-order valence-electron chi connectivity index (χ2n) is 12.0. The highest BCUT2D eigenvalue weighted by Gasteiger charge is 2.20. The maximum Gasteiger partial charge on any atom is 0.164 e. The van der Waals surface area contributed by atoms with Crippen molar-refractivity contribution in [3.8, 4) is 45.3 Å². The Bertz CT molecular complexity index is 2720. The fraction of sp³-hybridized carbons (Fsp3) is 0. The molecule has 0 atom stereocenters. The Morgan fingerprint density at radius 2 is 1.00 bits per heavy atom. The molecule has 3 aromatic heterocycles. The van der Waals surface area contributed by atoms with Crippen molar-refractivity contribution >= 4 is 64.2 Å². The largest absolute Gasteiger partial charge is 0.456 e. The molecule has 0 bridgehead atoms. The van der Waals surface area contributed by atoms with E-state index in [1.54, 1.807) is 11.3 Å². The fourth-order valence-corrected chi connectivity index (χ4v) is 8.00. The molecular formula is C43H25N3OS. The highest BCUT2D eigenvalue weighted by atomic mass is 32.1. The van der Waals surface area contributed by atoms with Gasteiger partial charge in [0.25, 0.3) is 0 Å². The summed E-state index contributed by atoms with van der Waals surface area (Å²) < 4.78 is 8.71. The number of hydrogen-bond acceptors (Lipinski definition) is 5. The predicted octanol–water partition coefficient (Wildman–Crippen LogP) is 12.0. The SMILES string of the molecule is c1ccc(-c2ccc3cc(-c4nc(-c5cccc6oc7ccccc7c56)nc(-c5cccc6sc7ccccc7c56)n4)ccc3c2)cc1. The Morgan fingerprint density at radius 3 is 1.83 bits per heavy atom. The van der Waals surface area contributed by atoms with Crippen molar-refractivity contribution in [2.24, 2.45) is 0 Å². The molecule has 0 N–H and O–H groups in total. The summed E-state index contributed by atoms with van der Waals surface area (Å²) in [5.41, 5.74) is 6.89. The molecule has 0 saturated carbocycles. The van der Waals surface area contributed by atoms with Crippen molar-refractivity contribution in [1.82, 2.24) is 15.0 Å². The van der Waals surface area contributed by atoms with Gasteiger partial charge in [0.1, 0.15) is 11.2 Å². The standard InChI is InChI=1S/C43H25N3OS/c1-2-10-26(11-3-1)27-20-21-29-25-30(23-22-28(29)24-27)41-44-42(33-14-8-17-36-39(33)31-12-4-6-16-35(31)47-36)46-43(45-41)34-15-9-19-38-40(34)32-13-5-7-18-37(32)48-38/h1-25H. The van der Waals surface area contributed by atoms with E-state index in [-0.39, 0.29) is 0 Å². The number of benzene rings is 7. The van der Waals surface area contributed by atoms with Crippen molar-refractivity contribution < 1.29 is 4.42 Å². The van der Waals surface area contributed by atoms with Crippen LogP contribution in [0.25, 0.3) is 98.2 Å². The van der Waals surface area contributed by atoms with Crippen molar-refractivity contribution in [2.75, 3.05) is 0 Å². The number of para-hydroxylation sites is 1. The minimum absolute atomic E-state index is 0.614. The first-order chi connectivity index (χ1) is 23.8. The monoisotopic (exact) mass is 631 g/mol. The average Bonchev–Trinajstić information content (AvgIpc) is 3.73. The van der Waals surface area contributed by atoms with Crippen LogP contribution in [0, 0.1) is 0 Å². The summed E-state index contributed by atoms with van der Waals surface area (Å²) in [6.45, 7) is 0. The minimum atomic E-state index is 0.614. The third-order valence-corrected chi connectivity index (χ3v) is 10.3. The van der Waals surface area contributed by atoms with Crippen LogP contribution in [-0.2, 0) is 0 Å². The Labute approximate surface area is 279 Å². The molecule has 0 aliphatic heterocycles. The first-order valence-corrected chi connectivity index (χ1v) is 16.8. The molecule has 0 saturated heterocycles. The highest BCUT2D eigenvalue weighted by molar-refractivity contribution is 7.25. The maximum absolute atomic E-state index is 6.26. The van der Waals surface area contributed by atoms with E-state index in [0.717, 1.165) is 44.0 Å². The van der Waals surface area contributed by atoms with Gasteiger partial charge in [-0.15, -0.1) is 11.3 Å². The zero-order valence-corrected chi connectivity index (χ0v) is 26.4. The van der Waals surface area contributed by atoms with E-state index < -0.39 is 0 Å². The Morgan fingerprint density at radius 1 is 0.396 bits per heavy atom. The fourth-order valence-electron chi connectivity index (χ4n) is 6.86. The van der Waals surface area contributed by atoms with Crippen LogP contribution in [0.3, 0.4) is 0 Å². The van der Waals surface area contributed by atoms with Crippen molar-refractivity contribution in [3.63, 3.8) is 0 Å². The normalized spacial score (nSPS) is 11.8. The lowest BCUT2D eigenvalue weighted by molar-refractivity contribution is 0.669.